The van der Waals surface area contributed by atoms with Crippen LogP contribution in [0.25, 0.3) is 6.08 Å². The number of amidine groups is 1. The van der Waals surface area contributed by atoms with E-state index in [1.54, 1.807) is 12.1 Å². The fourth-order valence-corrected chi connectivity index (χ4v) is 3.92. The van der Waals surface area contributed by atoms with Gasteiger partial charge in [-0.15, -0.1) is 0 Å². The van der Waals surface area contributed by atoms with Gasteiger partial charge in [-0.3, -0.25) is 9.59 Å². The van der Waals surface area contributed by atoms with E-state index in [1.165, 1.54) is 11.8 Å². The maximum absolute atomic E-state index is 12.2. The monoisotopic (exact) mass is 378 g/mol. The average molecular weight is 379 g/mol. The number of esters is 1. The normalized spacial score (nSPS) is 22.2. The topological polar surface area (TPSA) is 59.0 Å². The molecule has 3 rings (SSSR count). The number of rotatable bonds is 3. The number of benzene rings is 1. The van der Waals surface area contributed by atoms with Crippen LogP contribution in [-0.2, 0) is 14.3 Å². The molecule has 7 heteroatoms. The molecule has 0 bridgehead atoms. The van der Waals surface area contributed by atoms with Crippen molar-refractivity contribution in [2.24, 2.45) is 10.9 Å². The first kappa shape index (κ1) is 18.0. The number of piperidine rings is 1. The number of amides is 1. The van der Waals surface area contributed by atoms with Gasteiger partial charge in [-0.25, -0.2) is 0 Å². The second-order valence-corrected chi connectivity index (χ2v) is 7.34. The first-order valence-electron chi connectivity index (χ1n) is 8.26. The van der Waals surface area contributed by atoms with Crippen LogP contribution in [0.15, 0.2) is 34.2 Å². The summed E-state index contributed by atoms with van der Waals surface area (Å²) in [5, 5.41) is 1.32. The Labute approximate surface area is 156 Å². The van der Waals surface area contributed by atoms with Gasteiger partial charge in [0.1, 0.15) is 0 Å². The molecule has 1 fully saturated rings. The fraction of sp³-hybridized carbons (Fsp3) is 0.389. The number of hydrogen-bond donors (Lipinski definition) is 0. The molecular formula is C18H19ClN2O3S. The number of thioether (sulfide) groups is 1. The molecule has 1 amide bonds. The van der Waals surface area contributed by atoms with Crippen molar-refractivity contribution in [1.82, 2.24) is 4.90 Å². The maximum atomic E-state index is 12.2. The molecule has 5 nitrogen and oxygen atoms in total. The minimum atomic E-state index is -0.242. The van der Waals surface area contributed by atoms with Crippen molar-refractivity contribution < 1.29 is 14.3 Å². The van der Waals surface area contributed by atoms with Gasteiger partial charge >= 0.3 is 5.97 Å². The van der Waals surface area contributed by atoms with E-state index in [1.807, 2.05) is 30.0 Å². The van der Waals surface area contributed by atoms with Gasteiger partial charge in [-0.05, 0) is 55.3 Å². The quantitative estimate of drug-likeness (QED) is 0.594. The van der Waals surface area contributed by atoms with Gasteiger partial charge in [-0.2, -0.15) is 4.99 Å². The van der Waals surface area contributed by atoms with Crippen molar-refractivity contribution in [2.45, 2.75) is 19.8 Å². The van der Waals surface area contributed by atoms with Crippen LogP contribution in [0, 0.1) is 5.92 Å². The Kier molecular flexibility index (Phi) is 5.81. The van der Waals surface area contributed by atoms with Crippen LogP contribution in [0.5, 0.6) is 0 Å². The molecule has 2 heterocycles. The number of aliphatic imine (C=N–C) groups is 1. The number of nitrogens with zero attached hydrogens (tertiary/aromatic N) is 2. The summed E-state index contributed by atoms with van der Waals surface area (Å²) in [4.78, 5) is 30.9. The molecule has 1 aromatic carbocycles. The van der Waals surface area contributed by atoms with Gasteiger partial charge < -0.3 is 9.64 Å². The number of carbonyl (C=O) groups excluding carboxylic acids is 2. The molecule has 0 N–H and O–H groups in total. The number of likely N-dealkylation sites (tertiary alicyclic amines) is 1. The molecule has 2 aliphatic heterocycles. The van der Waals surface area contributed by atoms with E-state index in [0.717, 1.165) is 24.9 Å². The van der Waals surface area contributed by atoms with E-state index in [0.29, 0.717) is 28.2 Å². The van der Waals surface area contributed by atoms with Gasteiger partial charge in [0.15, 0.2) is 5.17 Å². The lowest BCUT2D eigenvalue weighted by atomic mass is 9.99. The molecule has 1 atom stereocenters. The third-order valence-electron chi connectivity index (χ3n) is 4.09. The zero-order chi connectivity index (χ0) is 17.8. The van der Waals surface area contributed by atoms with Crippen LogP contribution in [0.4, 0.5) is 0 Å². The first-order chi connectivity index (χ1) is 12.1. The summed E-state index contributed by atoms with van der Waals surface area (Å²) < 4.78 is 5.12. The van der Waals surface area contributed by atoms with Crippen molar-refractivity contribution in [1.29, 1.82) is 0 Å². The van der Waals surface area contributed by atoms with E-state index >= 15 is 0 Å². The van der Waals surface area contributed by atoms with Gasteiger partial charge in [0.05, 0.1) is 17.4 Å². The lowest BCUT2D eigenvalue weighted by molar-refractivity contribution is -0.149. The first-order valence-corrected chi connectivity index (χ1v) is 9.46. The Morgan fingerprint density at radius 2 is 2.20 bits per heavy atom. The highest BCUT2D eigenvalue weighted by molar-refractivity contribution is 8.18. The van der Waals surface area contributed by atoms with Gasteiger partial charge in [0.25, 0.3) is 5.91 Å². The zero-order valence-corrected chi connectivity index (χ0v) is 15.5. The maximum Gasteiger partial charge on any atom is 0.310 e. The van der Waals surface area contributed by atoms with Crippen LogP contribution < -0.4 is 0 Å². The minimum absolute atomic E-state index is 0.156. The highest BCUT2D eigenvalue weighted by atomic mass is 35.5. The molecule has 0 radical (unpaired) electrons. The molecule has 0 unspecified atom stereocenters. The van der Waals surface area contributed by atoms with Crippen LogP contribution in [-0.4, -0.2) is 41.6 Å². The van der Waals surface area contributed by atoms with Crippen LogP contribution in [0.1, 0.15) is 25.3 Å². The number of hydrogen-bond acceptors (Lipinski definition) is 5. The summed E-state index contributed by atoms with van der Waals surface area (Å²) >= 11 is 7.24. The fourth-order valence-electron chi connectivity index (χ4n) is 2.85. The molecule has 1 saturated heterocycles. The standard InChI is InChI=1S/C18H19ClN2O3S/c1-2-24-17(23)13-4-3-9-21(11-13)18-20-16(22)15(25-18)10-12-5-7-14(19)8-6-12/h5-8,10,13H,2-4,9,11H2,1H3/b15-10-/t13-/m0/s1. The lowest BCUT2D eigenvalue weighted by Crippen LogP contribution is -2.41. The largest absolute Gasteiger partial charge is 0.466 e. The lowest BCUT2D eigenvalue weighted by Gasteiger charge is -2.32. The van der Waals surface area contributed by atoms with Crippen molar-refractivity contribution in [3.8, 4) is 0 Å². The second-order valence-electron chi connectivity index (χ2n) is 5.90. The van der Waals surface area contributed by atoms with Crippen molar-refractivity contribution in [3.05, 3.63) is 39.8 Å². The smallest absolute Gasteiger partial charge is 0.310 e. The average Bonchev–Trinajstić information content (AvgIpc) is 2.98. The molecule has 0 aliphatic carbocycles. The van der Waals surface area contributed by atoms with E-state index in [2.05, 4.69) is 4.99 Å². The predicted molar refractivity (Wildman–Crippen MR) is 100 cm³/mol. The van der Waals surface area contributed by atoms with Crippen LogP contribution >= 0.6 is 23.4 Å². The van der Waals surface area contributed by atoms with Crippen LogP contribution in [0.3, 0.4) is 0 Å². The molecule has 25 heavy (non-hydrogen) atoms. The molecular weight excluding hydrogens is 360 g/mol. The van der Waals surface area contributed by atoms with Crippen molar-refractivity contribution >= 4 is 46.5 Å². The van der Waals surface area contributed by atoms with Crippen molar-refractivity contribution in [2.75, 3.05) is 19.7 Å². The van der Waals surface area contributed by atoms with E-state index < -0.39 is 0 Å². The summed E-state index contributed by atoms with van der Waals surface area (Å²) in [6.07, 6.45) is 3.51. The second kappa shape index (κ2) is 8.06. The van der Waals surface area contributed by atoms with E-state index in [9.17, 15) is 9.59 Å². The Bertz CT molecular complexity index is 730. The number of halogens is 1. The summed E-state index contributed by atoms with van der Waals surface area (Å²) in [5.41, 5.74) is 0.903. The SMILES string of the molecule is CCOC(=O)[C@H]1CCCN(C2=NC(=O)/C(=C/c3ccc(Cl)cc3)S2)C1. The molecule has 0 saturated carbocycles. The predicted octanol–water partition coefficient (Wildman–Crippen LogP) is 3.59. The Balaban J connectivity index is 1.68. The Morgan fingerprint density at radius 1 is 1.44 bits per heavy atom. The Morgan fingerprint density at radius 3 is 2.92 bits per heavy atom. The Hall–Kier alpha value is -1.79. The molecule has 132 valence electrons. The van der Waals surface area contributed by atoms with E-state index in [4.69, 9.17) is 16.3 Å². The third kappa shape index (κ3) is 4.44. The van der Waals surface area contributed by atoms with E-state index in [-0.39, 0.29) is 17.8 Å². The number of ether oxygens (including phenoxy) is 1. The highest BCUT2D eigenvalue weighted by Gasteiger charge is 2.32. The summed E-state index contributed by atoms with van der Waals surface area (Å²) in [6, 6.07) is 7.29. The van der Waals surface area contributed by atoms with Crippen molar-refractivity contribution in [3.63, 3.8) is 0 Å². The van der Waals surface area contributed by atoms with Gasteiger partial charge in [-0.1, -0.05) is 23.7 Å². The molecule has 2 aliphatic rings. The van der Waals surface area contributed by atoms with Gasteiger partial charge in [0.2, 0.25) is 0 Å². The summed E-state index contributed by atoms with van der Waals surface area (Å²) in [7, 11) is 0. The van der Waals surface area contributed by atoms with Gasteiger partial charge in [0, 0.05) is 18.1 Å². The molecule has 0 aromatic heterocycles. The third-order valence-corrected chi connectivity index (χ3v) is 5.39. The minimum Gasteiger partial charge on any atom is -0.466 e. The van der Waals surface area contributed by atoms with Crippen LogP contribution in [0.2, 0.25) is 5.02 Å². The molecule has 0 spiro atoms. The number of carbonyl (C=O) groups is 2. The highest BCUT2D eigenvalue weighted by Crippen LogP contribution is 2.32. The summed E-state index contributed by atoms with van der Waals surface area (Å²) in [5.74, 6) is -0.566. The molecule has 1 aromatic rings. The summed E-state index contributed by atoms with van der Waals surface area (Å²) in [6.45, 7) is 3.54. The zero-order valence-electron chi connectivity index (χ0n) is 13.9.